The maximum Gasteiger partial charge on any atom is 0.257 e. The van der Waals surface area contributed by atoms with Crippen molar-refractivity contribution in [2.24, 2.45) is 5.73 Å². The largest absolute Gasteiger partial charge is 0.367 e. The predicted molar refractivity (Wildman–Crippen MR) is 96.5 cm³/mol. The Kier molecular flexibility index (Phi) is 5.25. The molecule has 0 radical (unpaired) electrons. The molecule has 0 atom stereocenters. The summed E-state index contributed by atoms with van der Waals surface area (Å²) in [4.78, 5) is 32.2. The molecular weight excluding hydrogens is 318 g/mol. The molecule has 0 bridgehead atoms. The lowest BCUT2D eigenvalue weighted by molar-refractivity contribution is -0.129. The van der Waals surface area contributed by atoms with Gasteiger partial charge in [-0.2, -0.15) is 0 Å². The van der Waals surface area contributed by atoms with Crippen LogP contribution in [0, 0.1) is 0 Å². The summed E-state index contributed by atoms with van der Waals surface area (Å²) in [6.07, 6.45) is 3.27. The molecule has 2 amide bonds. The van der Waals surface area contributed by atoms with Crippen molar-refractivity contribution in [2.45, 2.75) is 0 Å². The van der Waals surface area contributed by atoms with E-state index in [9.17, 15) is 9.59 Å². The minimum absolute atomic E-state index is 0.0327. The minimum Gasteiger partial charge on any atom is -0.367 e. The molecule has 1 aromatic carbocycles. The molecule has 0 saturated carbocycles. The Morgan fingerprint density at radius 2 is 1.72 bits per heavy atom. The second-order valence-electron chi connectivity index (χ2n) is 5.78. The maximum atomic E-state index is 12.7. The number of hydrogen-bond acceptors (Lipinski definition) is 5. The zero-order valence-corrected chi connectivity index (χ0v) is 13.9. The van der Waals surface area contributed by atoms with E-state index in [1.807, 2.05) is 24.3 Å². The molecule has 130 valence electrons. The molecule has 7 nitrogen and oxygen atoms in total. The number of nitrogens with one attached hydrogen (secondary N) is 1. The maximum absolute atomic E-state index is 12.7. The van der Waals surface area contributed by atoms with Crippen LogP contribution < -0.4 is 16.0 Å². The van der Waals surface area contributed by atoms with Crippen LogP contribution in [-0.2, 0) is 4.79 Å². The van der Waals surface area contributed by atoms with E-state index in [2.05, 4.69) is 15.2 Å². The van der Waals surface area contributed by atoms with Gasteiger partial charge in [0, 0.05) is 49.9 Å². The first kappa shape index (κ1) is 16.9. The van der Waals surface area contributed by atoms with Crippen LogP contribution in [0.3, 0.4) is 0 Å². The van der Waals surface area contributed by atoms with E-state index >= 15 is 0 Å². The quantitative estimate of drug-likeness (QED) is 0.865. The number of benzene rings is 1. The molecule has 1 aliphatic heterocycles. The Labute approximate surface area is 146 Å². The van der Waals surface area contributed by atoms with Crippen molar-refractivity contribution in [1.29, 1.82) is 0 Å². The van der Waals surface area contributed by atoms with Gasteiger partial charge in [0.2, 0.25) is 5.91 Å². The molecule has 1 aromatic heterocycles. The summed E-state index contributed by atoms with van der Waals surface area (Å²) in [5.41, 5.74) is 7.60. The Hall–Kier alpha value is -2.93. The first-order chi connectivity index (χ1) is 12.2. The van der Waals surface area contributed by atoms with Gasteiger partial charge in [0.1, 0.15) is 0 Å². The molecule has 1 aliphatic rings. The summed E-state index contributed by atoms with van der Waals surface area (Å²) in [6, 6.07) is 11.0. The zero-order chi connectivity index (χ0) is 17.6. The number of aromatic nitrogens is 1. The van der Waals surface area contributed by atoms with Gasteiger partial charge in [-0.25, -0.2) is 0 Å². The summed E-state index contributed by atoms with van der Waals surface area (Å²) >= 11 is 0. The van der Waals surface area contributed by atoms with Gasteiger partial charge < -0.3 is 20.9 Å². The summed E-state index contributed by atoms with van der Waals surface area (Å²) in [6.45, 7) is 2.59. The highest BCUT2D eigenvalue weighted by Gasteiger charge is 2.23. The Morgan fingerprint density at radius 3 is 2.40 bits per heavy atom. The normalized spacial score (nSPS) is 14.3. The molecule has 0 spiro atoms. The molecule has 2 heterocycles. The number of piperazine rings is 1. The van der Waals surface area contributed by atoms with Crippen LogP contribution in [0.4, 0.5) is 11.4 Å². The fourth-order valence-corrected chi connectivity index (χ4v) is 2.90. The molecule has 1 saturated heterocycles. The van der Waals surface area contributed by atoms with Gasteiger partial charge in [0.25, 0.3) is 5.91 Å². The summed E-state index contributed by atoms with van der Waals surface area (Å²) < 4.78 is 0. The van der Waals surface area contributed by atoms with Crippen molar-refractivity contribution >= 4 is 23.2 Å². The number of rotatable bonds is 4. The van der Waals surface area contributed by atoms with Gasteiger partial charge >= 0.3 is 0 Å². The van der Waals surface area contributed by atoms with Crippen LogP contribution in [0.15, 0.2) is 48.8 Å². The lowest BCUT2D eigenvalue weighted by Crippen LogP contribution is -2.50. The van der Waals surface area contributed by atoms with E-state index in [-0.39, 0.29) is 18.4 Å². The molecule has 2 aromatic rings. The van der Waals surface area contributed by atoms with Crippen molar-refractivity contribution < 1.29 is 9.59 Å². The van der Waals surface area contributed by atoms with Crippen molar-refractivity contribution in [1.82, 2.24) is 9.88 Å². The molecular formula is C18H21N5O2. The molecule has 1 fully saturated rings. The molecule has 25 heavy (non-hydrogen) atoms. The number of nitrogens with zero attached hydrogens (tertiary/aromatic N) is 3. The van der Waals surface area contributed by atoms with E-state index in [1.165, 1.54) is 0 Å². The van der Waals surface area contributed by atoms with E-state index in [0.29, 0.717) is 37.4 Å². The second kappa shape index (κ2) is 7.76. The monoisotopic (exact) mass is 339 g/mol. The van der Waals surface area contributed by atoms with Gasteiger partial charge in [0.05, 0.1) is 12.1 Å². The van der Waals surface area contributed by atoms with Crippen molar-refractivity contribution in [3.05, 3.63) is 54.4 Å². The van der Waals surface area contributed by atoms with Crippen molar-refractivity contribution in [3.8, 4) is 0 Å². The topological polar surface area (TPSA) is 91.6 Å². The Morgan fingerprint density at radius 1 is 1.04 bits per heavy atom. The van der Waals surface area contributed by atoms with Crippen LogP contribution in [0.25, 0.3) is 0 Å². The van der Waals surface area contributed by atoms with E-state index in [4.69, 9.17) is 5.73 Å². The smallest absolute Gasteiger partial charge is 0.257 e. The fraction of sp³-hybridized carbons (Fsp3) is 0.278. The SMILES string of the molecule is NCC(=O)N1CCN(c2ccccc2C(=O)Nc2ccncc2)CC1. The average molecular weight is 339 g/mol. The van der Waals surface area contributed by atoms with Crippen LogP contribution >= 0.6 is 0 Å². The third-order valence-corrected chi connectivity index (χ3v) is 4.23. The predicted octanol–water partition coefficient (Wildman–Crippen LogP) is 0.941. The number of hydrogen-bond donors (Lipinski definition) is 2. The van der Waals surface area contributed by atoms with Gasteiger partial charge in [-0.15, -0.1) is 0 Å². The molecule has 3 rings (SSSR count). The van der Waals surface area contributed by atoms with Gasteiger partial charge in [-0.1, -0.05) is 12.1 Å². The number of amides is 2. The highest BCUT2D eigenvalue weighted by Crippen LogP contribution is 2.23. The third kappa shape index (κ3) is 3.95. The average Bonchev–Trinajstić information content (AvgIpc) is 2.68. The van der Waals surface area contributed by atoms with Crippen molar-refractivity contribution in [3.63, 3.8) is 0 Å². The molecule has 0 aliphatic carbocycles. The highest BCUT2D eigenvalue weighted by molar-refractivity contribution is 6.08. The zero-order valence-electron chi connectivity index (χ0n) is 13.9. The highest BCUT2D eigenvalue weighted by atomic mass is 16.2. The first-order valence-corrected chi connectivity index (χ1v) is 8.22. The van der Waals surface area contributed by atoms with E-state index < -0.39 is 0 Å². The molecule has 0 unspecified atom stereocenters. The summed E-state index contributed by atoms with van der Waals surface area (Å²) in [5, 5.41) is 2.89. The minimum atomic E-state index is -0.165. The number of pyridine rings is 1. The first-order valence-electron chi connectivity index (χ1n) is 8.22. The van der Waals surface area contributed by atoms with Crippen LogP contribution in [-0.4, -0.2) is 54.4 Å². The molecule has 3 N–H and O–H groups in total. The number of anilines is 2. The summed E-state index contributed by atoms with van der Waals surface area (Å²) in [5.74, 6) is -0.203. The van der Waals surface area contributed by atoms with Gasteiger partial charge in [-0.05, 0) is 24.3 Å². The fourth-order valence-electron chi connectivity index (χ4n) is 2.90. The second-order valence-corrected chi connectivity index (χ2v) is 5.78. The third-order valence-electron chi connectivity index (χ3n) is 4.23. The van der Waals surface area contributed by atoms with Gasteiger partial charge in [0.15, 0.2) is 0 Å². The van der Waals surface area contributed by atoms with Crippen LogP contribution in [0.2, 0.25) is 0 Å². The number of para-hydroxylation sites is 1. The van der Waals surface area contributed by atoms with Gasteiger partial charge in [-0.3, -0.25) is 14.6 Å². The molecule has 7 heteroatoms. The van der Waals surface area contributed by atoms with Crippen LogP contribution in [0.5, 0.6) is 0 Å². The van der Waals surface area contributed by atoms with Crippen LogP contribution in [0.1, 0.15) is 10.4 Å². The van der Waals surface area contributed by atoms with E-state index in [0.717, 1.165) is 5.69 Å². The lowest BCUT2D eigenvalue weighted by Gasteiger charge is -2.36. The lowest BCUT2D eigenvalue weighted by atomic mass is 10.1. The standard InChI is InChI=1S/C18H21N5O2/c19-13-17(24)23-11-9-22(10-12-23)16-4-2-1-3-15(16)18(25)21-14-5-7-20-8-6-14/h1-8H,9-13,19H2,(H,20,21,25). The van der Waals surface area contributed by atoms with E-state index in [1.54, 1.807) is 29.4 Å². The Bertz CT molecular complexity index is 742. The van der Waals surface area contributed by atoms with Crippen molar-refractivity contribution in [2.75, 3.05) is 42.9 Å². The number of carbonyl (C=O) groups excluding carboxylic acids is 2. The number of carbonyl (C=O) groups is 2. The number of nitrogens with two attached hydrogens (primary N) is 1. The Balaban J connectivity index is 1.73. The summed E-state index contributed by atoms with van der Waals surface area (Å²) in [7, 11) is 0.